The second-order valence-corrected chi connectivity index (χ2v) is 34.3. The number of hydrogen-bond acceptors (Lipinski definition) is 30. The van der Waals surface area contributed by atoms with E-state index < -0.39 is 162 Å². The molecule has 11 amide bonds. The number of hydrogen-bond donors (Lipinski definition) is 20. The molecule has 48 nitrogen and oxygen atoms in total. The van der Waals surface area contributed by atoms with Crippen molar-refractivity contribution in [3.8, 4) is 5.75 Å². The van der Waals surface area contributed by atoms with Gasteiger partial charge in [-0.05, 0) is 114 Å². The van der Waals surface area contributed by atoms with Crippen molar-refractivity contribution in [3.05, 3.63) is 41.6 Å². The first kappa shape index (κ1) is 110. The zero-order chi connectivity index (χ0) is 97.6. The number of carbonyl (C=O) groups excluding carboxylic acids is 12. The minimum atomic E-state index is -1.74. The first-order valence-corrected chi connectivity index (χ1v) is 45.1. The third-order valence-electron chi connectivity index (χ3n) is 23.7. The van der Waals surface area contributed by atoms with Gasteiger partial charge in [0.25, 0.3) is 11.8 Å². The SMILES string of the molecule is N=C(N)CCCC[C@@H]1NC(=O)C(CCCCNC2=CC(=O)N(CC3CCC(C(=O)C[C@@H](CCCCNC(=O)CN4CCN(CC(=O)O)CCN(CC(=O)O)CCN(CC(=O)O)CC4)C(=O)N[C@@H](CCCCNC(=O)CN4CCN(CC(=O)O)CCN(CC(=O)O)CCN(CC(=O)O)CC4)C(N)=O)CC3)C2=O)NC(=O)[C@@H](Cc2ccc(O)cc2)NC(=O)[C@H](CC(=O)O)NC(=O)CNC1=O. The van der Waals surface area contributed by atoms with E-state index in [4.69, 9.17) is 16.9 Å². The lowest BCUT2D eigenvalue weighted by Crippen LogP contribution is -2.58. The third kappa shape index (κ3) is 43.5. The van der Waals surface area contributed by atoms with Crippen molar-refractivity contribution >= 4 is 118 Å². The lowest BCUT2D eigenvalue weighted by atomic mass is 9.77. The Morgan fingerprint density at radius 3 is 1.28 bits per heavy atom. The molecule has 6 atom stereocenters. The van der Waals surface area contributed by atoms with Crippen molar-refractivity contribution in [1.29, 1.82) is 5.41 Å². The van der Waals surface area contributed by atoms with Gasteiger partial charge in [-0.25, -0.2) is 0 Å². The van der Waals surface area contributed by atoms with Crippen LogP contribution in [0.3, 0.4) is 0 Å². The molecule has 4 heterocycles. The van der Waals surface area contributed by atoms with E-state index in [9.17, 15) is 132 Å². The number of benzene rings is 1. The summed E-state index contributed by atoms with van der Waals surface area (Å²) in [5.74, 6) is -18.8. The molecular weight excluding hydrogens is 1750 g/mol. The number of carbonyl (C=O) groups is 19. The molecule has 133 heavy (non-hydrogen) atoms. The van der Waals surface area contributed by atoms with E-state index in [-0.39, 0.29) is 289 Å². The maximum absolute atomic E-state index is 14.5. The largest absolute Gasteiger partial charge is 0.508 e. The summed E-state index contributed by atoms with van der Waals surface area (Å²) in [5.41, 5.74) is 11.8. The highest BCUT2D eigenvalue weighted by Gasteiger charge is 2.39. The number of phenols is 1. The summed E-state index contributed by atoms with van der Waals surface area (Å²) < 4.78 is 0. The summed E-state index contributed by atoms with van der Waals surface area (Å²) in [7, 11) is 0. The molecule has 48 heteroatoms. The van der Waals surface area contributed by atoms with Crippen molar-refractivity contribution < 1.29 is 132 Å². The van der Waals surface area contributed by atoms with Gasteiger partial charge in [0, 0.05) is 168 Å². The van der Waals surface area contributed by atoms with Crippen LogP contribution in [0, 0.1) is 23.2 Å². The number of primary amides is 1. The van der Waals surface area contributed by atoms with Crippen LogP contribution in [-0.2, 0) is 97.5 Å². The average molecular weight is 1880 g/mol. The van der Waals surface area contributed by atoms with Crippen molar-refractivity contribution in [2.75, 3.05) is 190 Å². The van der Waals surface area contributed by atoms with Gasteiger partial charge in [-0.3, -0.25) is 141 Å². The van der Waals surface area contributed by atoms with E-state index >= 15 is 0 Å². The Morgan fingerprint density at radius 1 is 0.451 bits per heavy atom. The highest BCUT2D eigenvalue weighted by molar-refractivity contribution is 6.16. The zero-order valence-corrected chi connectivity index (χ0v) is 75.2. The van der Waals surface area contributed by atoms with Crippen LogP contribution in [0.5, 0.6) is 5.75 Å². The Labute approximate surface area is 769 Å². The Morgan fingerprint density at radius 2 is 0.850 bits per heavy atom. The van der Waals surface area contributed by atoms with Gasteiger partial charge in [0.05, 0.1) is 71.2 Å². The normalized spacial score (nSPS) is 21.4. The fourth-order valence-corrected chi connectivity index (χ4v) is 16.3. The Bertz CT molecular complexity index is 4130. The molecule has 3 saturated heterocycles. The van der Waals surface area contributed by atoms with Crippen LogP contribution in [-0.4, -0.2) is 423 Å². The van der Waals surface area contributed by atoms with E-state index in [0.717, 1.165) is 11.0 Å². The molecule has 1 unspecified atom stereocenters. The fraction of sp³-hybridized carbons (Fsp3) is 0.671. The number of unbranched alkanes of at least 4 members (excludes halogenated alkanes) is 4. The molecule has 0 spiro atoms. The highest BCUT2D eigenvalue weighted by Crippen LogP contribution is 2.33. The average Bonchev–Trinajstić information content (AvgIpc) is 1.66. The molecule has 1 aromatic rings. The maximum atomic E-state index is 14.5. The quantitative estimate of drug-likeness (QED) is 0.0125. The van der Waals surface area contributed by atoms with Crippen molar-refractivity contribution in [3.63, 3.8) is 0 Å². The molecule has 22 N–H and O–H groups in total. The van der Waals surface area contributed by atoms with E-state index in [2.05, 4.69) is 47.9 Å². The molecule has 5 aliphatic rings. The minimum absolute atomic E-state index is 0.00663. The van der Waals surface area contributed by atoms with Gasteiger partial charge >= 0.3 is 41.8 Å². The van der Waals surface area contributed by atoms with Crippen LogP contribution in [0.4, 0.5) is 0 Å². The number of nitrogens with one attached hydrogen (secondary N) is 10. The Hall–Kier alpha value is -12.0. The number of carboxylic acids is 7. The summed E-state index contributed by atoms with van der Waals surface area (Å²) in [5, 5.41) is 109. The first-order chi connectivity index (χ1) is 63.2. The standard InChI is InChI=1S/C85H133N21O27/c86-67(87)13-2-1-11-61-81(129)92-45-68(109)93-64(44-72(113)114)84(132)97-63(41-55-16-20-59(107)21-17-55)83(131)96-62(82(130)95-61)12-5-7-22-89-65-43-71(112)106(85(65)133)46-56-14-18-57(19-15-56)66(108)42-58(9-3-6-23-90-69(110)47-98-25-29-100(49-73(115)116)33-37-104(53-77(123)124)38-34-101(30-26-98)50-74(117)118)80(128)94-60(79(88)127)10-4-8-24-91-70(111)48-99-27-31-102(51-75(119)120)35-39-105(54-78(125)126)40-36-103(32-28-99)52-76(121)122/h16-17,20-21,43,56-58,60-64,89,107H,1-15,18-19,22-42,44-54H2,(H3,86,87)(H2,88,127)(H,90,110)(H,91,111)(H,92,129)(H,93,109)(H,94,128)(H,95,130)(H,96,131)(H,97,132)(H,113,114)(H,115,116)(H,117,118)(H,119,120)(H,121,122)(H,123,124)(H,125,126)/t56?,57?,58-,60+,61+,62?,63-,64+/m1/s1. The van der Waals surface area contributed by atoms with E-state index in [1.807, 2.05) is 0 Å². The van der Waals surface area contributed by atoms with Gasteiger partial charge in [-0.15, -0.1) is 0 Å². The zero-order valence-electron chi connectivity index (χ0n) is 75.2. The number of phenolic OH excluding ortho intramolecular Hbond substituents is 1. The molecular formula is C85H133N21O27. The van der Waals surface area contributed by atoms with E-state index in [1.165, 1.54) is 24.3 Å². The molecule has 4 aliphatic heterocycles. The third-order valence-corrected chi connectivity index (χ3v) is 23.7. The number of carboxylic acid groups (broad SMARTS) is 7. The van der Waals surface area contributed by atoms with Crippen LogP contribution in [0.2, 0.25) is 0 Å². The van der Waals surface area contributed by atoms with Gasteiger partial charge < -0.3 is 100 Å². The molecule has 1 aliphatic carbocycles. The van der Waals surface area contributed by atoms with Gasteiger partial charge in [0.15, 0.2) is 0 Å². The van der Waals surface area contributed by atoms with Crippen LogP contribution in [0.15, 0.2) is 36.0 Å². The number of nitrogens with two attached hydrogens (primary N) is 2. The van der Waals surface area contributed by atoms with Crippen LogP contribution in [0.25, 0.3) is 0 Å². The lowest BCUT2D eigenvalue weighted by Gasteiger charge is -2.32. The van der Waals surface area contributed by atoms with Crippen LogP contribution in [0.1, 0.15) is 128 Å². The topological polar surface area (TPSA) is 699 Å². The molecule has 0 radical (unpaired) electrons. The number of ketones is 1. The van der Waals surface area contributed by atoms with Gasteiger partial charge in [-0.1, -0.05) is 25.0 Å². The number of imide groups is 1. The van der Waals surface area contributed by atoms with Crippen molar-refractivity contribution in [2.45, 2.75) is 159 Å². The Balaban J connectivity index is 1.08. The molecule has 4 fully saturated rings. The summed E-state index contributed by atoms with van der Waals surface area (Å²) in [4.78, 5) is 263. The minimum Gasteiger partial charge on any atom is -0.508 e. The first-order valence-electron chi connectivity index (χ1n) is 45.1. The summed E-state index contributed by atoms with van der Waals surface area (Å²) in [6, 6.07) is -1.62. The Kier molecular flexibility index (Phi) is 48.0. The number of aromatic hydroxyl groups is 1. The van der Waals surface area contributed by atoms with Gasteiger partial charge in [0.2, 0.25) is 53.2 Å². The summed E-state index contributed by atoms with van der Waals surface area (Å²) in [6.07, 6.45) is 3.35. The summed E-state index contributed by atoms with van der Waals surface area (Å²) >= 11 is 0. The second-order valence-electron chi connectivity index (χ2n) is 34.3. The molecule has 0 aromatic heterocycles. The lowest BCUT2D eigenvalue weighted by molar-refractivity contribution is -0.141. The molecule has 740 valence electrons. The van der Waals surface area contributed by atoms with Crippen LogP contribution < -0.4 is 59.3 Å². The molecule has 0 bridgehead atoms. The predicted molar refractivity (Wildman–Crippen MR) is 473 cm³/mol. The fourth-order valence-electron chi connectivity index (χ4n) is 16.3. The number of aliphatic carboxylic acids is 7. The number of amidine groups is 1. The molecule has 1 aromatic carbocycles. The number of nitrogens with zero attached hydrogens (tertiary/aromatic N) is 9. The molecule has 1 saturated carbocycles. The number of rotatable bonds is 49. The van der Waals surface area contributed by atoms with Gasteiger partial charge in [0.1, 0.15) is 47.4 Å². The smallest absolute Gasteiger partial charge is 0.317 e. The summed E-state index contributed by atoms with van der Waals surface area (Å²) in [6.45, 7) is -0.116. The number of Topliss-reactive ketones (excluding diaryl/α,β-unsaturated/α-hetero) is 1. The van der Waals surface area contributed by atoms with E-state index in [1.54, 1.807) is 39.2 Å². The monoisotopic (exact) mass is 1880 g/mol. The predicted octanol–water partition coefficient (Wildman–Crippen LogP) is -6.14. The highest BCUT2D eigenvalue weighted by atomic mass is 16.4. The second kappa shape index (κ2) is 58.1. The molecule has 6 rings (SSSR count). The van der Waals surface area contributed by atoms with Crippen LogP contribution >= 0.6 is 0 Å². The van der Waals surface area contributed by atoms with Crippen molar-refractivity contribution in [2.24, 2.45) is 29.2 Å². The van der Waals surface area contributed by atoms with E-state index in [0.29, 0.717) is 50.5 Å². The van der Waals surface area contributed by atoms with Crippen molar-refractivity contribution in [1.82, 2.24) is 92.0 Å². The maximum Gasteiger partial charge on any atom is 0.317 e. The van der Waals surface area contributed by atoms with Gasteiger partial charge in [-0.2, -0.15) is 0 Å². The number of amides is 11.